The predicted octanol–water partition coefficient (Wildman–Crippen LogP) is 6.30. The van der Waals surface area contributed by atoms with Crippen LogP contribution in [0, 0.1) is 6.92 Å². The van der Waals surface area contributed by atoms with Gasteiger partial charge in [0.25, 0.3) is 5.91 Å². The summed E-state index contributed by atoms with van der Waals surface area (Å²) >= 11 is 0. The summed E-state index contributed by atoms with van der Waals surface area (Å²) in [6.07, 6.45) is 2.64. The summed E-state index contributed by atoms with van der Waals surface area (Å²) in [5.74, 6) is 2.38. The molecule has 5 nitrogen and oxygen atoms in total. The molecule has 5 heteroatoms. The molecule has 4 aromatic rings. The Hall–Kier alpha value is -3.60. The number of rotatable bonds is 11. The fraction of sp³-hybridized carbons (Fsp3) is 0.333. The Bertz CT molecular complexity index is 1260. The van der Waals surface area contributed by atoms with Crippen LogP contribution in [0.25, 0.3) is 11.0 Å². The van der Waals surface area contributed by atoms with Gasteiger partial charge in [-0.3, -0.25) is 4.79 Å². The van der Waals surface area contributed by atoms with Gasteiger partial charge in [0.15, 0.2) is 0 Å². The number of nitrogens with zero attached hydrogens (tertiary/aromatic N) is 2. The average molecular weight is 470 g/mol. The van der Waals surface area contributed by atoms with Crippen LogP contribution < -0.4 is 10.1 Å². The third-order valence-electron chi connectivity index (χ3n) is 6.26. The molecule has 0 radical (unpaired) electrons. The van der Waals surface area contributed by atoms with Crippen molar-refractivity contribution in [2.75, 3.05) is 13.2 Å². The lowest BCUT2D eigenvalue weighted by Crippen LogP contribution is -2.26. The maximum atomic E-state index is 12.5. The van der Waals surface area contributed by atoms with Crippen LogP contribution in [0.2, 0.25) is 0 Å². The van der Waals surface area contributed by atoms with Crippen LogP contribution in [0.5, 0.6) is 5.75 Å². The number of amides is 1. The molecule has 0 aliphatic heterocycles. The van der Waals surface area contributed by atoms with E-state index in [4.69, 9.17) is 9.72 Å². The highest BCUT2D eigenvalue weighted by Gasteiger charge is 2.12. The standard InChI is InChI=1S/C30H35N3O2/c1-22(2)25-10-4-7-13-28(25)35-21-9-8-20-33-27-12-6-5-11-26(27)32-29(33)18-19-31-30(34)24-16-14-23(3)15-17-24/h4-7,10-17,22H,8-9,18-21H2,1-3H3,(H,31,34). The average Bonchev–Trinajstić information content (AvgIpc) is 3.21. The molecule has 0 saturated carbocycles. The fourth-order valence-corrected chi connectivity index (χ4v) is 4.30. The third kappa shape index (κ3) is 6.30. The zero-order valence-electron chi connectivity index (χ0n) is 21.0. The lowest BCUT2D eigenvalue weighted by molar-refractivity contribution is 0.0954. The molecule has 0 saturated heterocycles. The summed E-state index contributed by atoms with van der Waals surface area (Å²) in [7, 11) is 0. The van der Waals surface area contributed by atoms with Crippen LogP contribution in [-0.2, 0) is 13.0 Å². The van der Waals surface area contributed by atoms with Crippen LogP contribution >= 0.6 is 0 Å². The number of nitrogens with one attached hydrogen (secondary N) is 1. The Kier molecular flexibility index (Phi) is 8.19. The van der Waals surface area contributed by atoms with Crippen LogP contribution in [0.3, 0.4) is 0 Å². The van der Waals surface area contributed by atoms with Gasteiger partial charge in [0.05, 0.1) is 17.6 Å². The van der Waals surface area contributed by atoms with Gasteiger partial charge in [-0.15, -0.1) is 0 Å². The lowest BCUT2D eigenvalue weighted by Gasteiger charge is -2.14. The molecule has 1 N–H and O–H groups in total. The minimum atomic E-state index is -0.0495. The smallest absolute Gasteiger partial charge is 0.251 e. The molecule has 3 aromatic carbocycles. The Morgan fingerprint density at radius 2 is 1.71 bits per heavy atom. The molecular weight excluding hydrogens is 434 g/mol. The van der Waals surface area contributed by atoms with Gasteiger partial charge in [0.1, 0.15) is 11.6 Å². The molecule has 0 fully saturated rings. The van der Waals surface area contributed by atoms with E-state index < -0.39 is 0 Å². The SMILES string of the molecule is Cc1ccc(C(=O)NCCc2nc3ccccc3n2CCCCOc2ccccc2C(C)C)cc1. The van der Waals surface area contributed by atoms with Crippen LogP contribution in [-0.4, -0.2) is 28.6 Å². The van der Waals surface area contributed by atoms with Crippen molar-refractivity contribution in [2.45, 2.75) is 52.5 Å². The van der Waals surface area contributed by atoms with Gasteiger partial charge in [0.2, 0.25) is 0 Å². The van der Waals surface area contributed by atoms with Crippen molar-refractivity contribution in [3.05, 3.63) is 95.3 Å². The van der Waals surface area contributed by atoms with Crippen LogP contribution in [0.15, 0.2) is 72.8 Å². The van der Waals surface area contributed by atoms with Crippen molar-refractivity contribution < 1.29 is 9.53 Å². The van der Waals surface area contributed by atoms with E-state index in [1.165, 1.54) is 5.56 Å². The Balaban J connectivity index is 1.33. The molecule has 4 rings (SSSR count). The first-order valence-corrected chi connectivity index (χ1v) is 12.5. The maximum Gasteiger partial charge on any atom is 0.251 e. The van der Waals surface area contributed by atoms with Crippen LogP contribution in [0.4, 0.5) is 0 Å². The van der Waals surface area contributed by atoms with E-state index in [2.05, 4.69) is 54.1 Å². The van der Waals surface area contributed by atoms with Crippen molar-refractivity contribution in [3.63, 3.8) is 0 Å². The normalized spacial score (nSPS) is 11.2. The number of ether oxygens (including phenoxy) is 1. The summed E-state index contributed by atoms with van der Waals surface area (Å²) in [6.45, 7) is 8.51. The molecule has 0 unspecified atom stereocenters. The minimum Gasteiger partial charge on any atom is -0.493 e. The first-order valence-electron chi connectivity index (χ1n) is 12.5. The molecule has 0 atom stereocenters. The lowest BCUT2D eigenvalue weighted by atomic mass is 10.0. The number of benzene rings is 3. The van der Waals surface area contributed by atoms with Crippen molar-refractivity contribution in [1.82, 2.24) is 14.9 Å². The molecule has 1 heterocycles. The first kappa shape index (κ1) is 24.5. The molecule has 35 heavy (non-hydrogen) atoms. The molecular formula is C30H35N3O2. The van der Waals surface area contributed by atoms with Crippen molar-refractivity contribution in [3.8, 4) is 5.75 Å². The summed E-state index contributed by atoms with van der Waals surface area (Å²) in [6, 6.07) is 24.2. The zero-order chi connectivity index (χ0) is 24.6. The van der Waals surface area contributed by atoms with Gasteiger partial charge in [-0.25, -0.2) is 4.98 Å². The van der Waals surface area contributed by atoms with E-state index >= 15 is 0 Å². The second-order valence-electron chi connectivity index (χ2n) is 9.29. The summed E-state index contributed by atoms with van der Waals surface area (Å²) in [4.78, 5) is 17.3. The van der Waals surface area contributed by atoms with Gasteiger partial charge < -0.3 is 14.6 Å². The number of hydrogen-bond donors (Lipinski definition) is 1. The quantitative estimate of drug-likeness (QED) is 0.262. The topological polar surface area (TPSA) is 56.2 Å². The van der Waals surface area contributed by atoms with Crippen LogP contribution in [0.1, 0.15) is 59.9 Å². The number of aryl methyl sites for hydroxylation is 2. The van der Waals surface area contributed by atoms with E-state index in [1.807, 2.05) is 49.4 Å². The second kappa shape index (κ2) is 11.7. The fourth-order valence-electron chi connectivity index (χ4n) is 4.30. The molecule has 182 valence electrons. The second-order valence-corrected chi connectivity index (χ2v) is 9.29. The monoisotopic (exact) mass is 469 g/mol. The number of carbonyl (C=O) groups is 1. The highest BCUT2D eigenvalue weighted by molar-refractivity contribution is 5.94. The molecule has 0 aliphatic rings. The molecule has 0 bridgehead atoms. The molecule has 1 amide bonds. The zero-order valence-corrected chi connectivity index (χ0v) is 21.0. The Labute approximate surface area is 208 Å². The van der Waals surface area contributed by atoms with E-state index in [9.17, 15) is 4.79 Å². The Morgan fingerprint density at radius 3 is 2.51 bits per heavy atom. The number of aromatic nitrogens is 2. The largest absolute Gasteiger partial charge is 0.493 e. The van der Waals surface area contributed by atoms with Gasteiger partial charge in [-0.05, 0) is 61.6 Å². The number of imidazole rings is 1. The van der Waals surface area contributed by atoms with E-state index in [0.717, 1.165) is 47.6 Å². The first-order chi connectivity index (χ1) is 17.0. The van der Waals surface area contributed by atoms with E-state index in [0.29, 0.717) is 31.1 Å². The maximum absolute atomic E-state index is 12.5. The summed E-state index contributed by atoms with van der Waals surface area (Å²) in [5.41, 5.74) is 5.21. The molecule has 1 aromatic heterocycles. The van der Waals surface area contributed by atoms with Crippen molar-refractivity contribution in [1.29, 1.82) is 0 Å². The molecule has 0 aliphatic carbocycles. The number of fused-ring (bicyclic) bond motifs is 1. The number of hydrogen-bond acceptors (Lipinski definition) is 3. The van der Waals surface area contributed by atoms with Gasteiger partial charge in [0, 0.05) is 25.1 Å². The number of unbranched alkanes of at least 4 members (excludes halogenated alkanes) is 1. The van der Waals surface area contributed by atoms with Gasteiger partial charge >= 0.3 is 0 Å². The highest BCUT2D eigenvalue weighted by atomic mass is 16.5. The Morgan fingerprint density at radius 1 is 0.971 bits per heavy atom. The van der Waals surface area contributed by atoms with Gasteiger partial charge in [-0.1, -0.05) is 61.9 Å². The van der Waals surface area contributed by atoms with E-state index in [1.54, 1.807) is 0 Å². The number of carbonyl (C=O) groups excluding carboxylic acids is 1. The van der Waals surface area contributed by atoms with Gasteiger partial charge in [-0.2, -0.15) is 0 Å². The summed E-state index contributed by atoms with van der Waals surface area (Å²) in [5, 5.41) is 3.04. The summed E-state index contributed by atoms with van der Waals surface area (Å²) < 4.78 is 8.39. The minimum absolute atomic E-state index is 0.0495. The van der Waals surface area contributed by atoms with E-state index in [-0.39, 0.29) is 5.91 Å². The predicted molar refractivity (Wildman–Crippen MR) is 142 cm³/mol. The van der Waals surface area contributed by atoms with Crippen molar-refractivity contribution in [2.24, 2.45) is 0 Å². The highest BCUT2D eigenvalue weighted by Crippen LogP contribution is 2.26. The third-order valence-corrected chi connectivity index (χ3v) is 6.26. The number of para-hydroxylation sites is 3. The van der Waals surface area contributed by atoms with Crippen molar-refractivity contribution >= 4 is 16.9 Å². The molecule has 0 spiro atoms.